The van der Waals surface area contributed by atoms with Crippen LogP contribution in [0.2, 0.25) is 0 Å². The van der Waals surface area contributed by atoms with Gasteiger partial charge < -0.3 is 5.32 Å². The van der Waals surface area contributed by atoms with E-state index in [1.807, 2.05) is 13.8 Å². The SMILES string of the molecule is CCCNc1cc(S(N)(=O)=O)ccc1C. The number of benzene rings is 1. The summed E-state index contributed by atoms with van der Waals surface area (Å²) in [6.07, 6.45) is 0.985. The summed E-state index contributed by atoms with van der Waals surface area (Å²) in [6, 6.07) is 4.83. The number of hydrogen-bond acceptors (Lipinski definition) is 3. The Labute approximate surface area is 90.5 Å². The summed E-state index contributed by atoms with van der Waals surface area (Å²) >= 11 is 0. The third-order valence-electron chi connectivity index (χ3n) is 2.10. The molecule has 0 aliphatic carbocycles. The summed E-state index contributed by atoms with van der Waals surface area (Å²) in [5.74, 6) is 0. The average Bonchev–Trinajstić information content (AvgIpc) is 2.15. The van der Waals surface area contributed by atoms with Gasteiger partial charge in [0.05, 0.1) is 4.90 Å². The number of primary sulfonamides is 1. The van der Waals surface area contributed by atoms with E-state index < -0.39 is 10.0 Å². The van der Waals surface area contributed by atoms with Crippen molar-refractivity contribution < 1.29 is 8.42 Å². The van der Waals surface area contributed by atoms with Crippen molar-refractivity contribution in [2.75, 3.05) is 11.9 Å². The van der Waals surface area contributed by atoms with Gasteiger partial charge in [-0.2, -0.15) is 0 Å². The molecular weight excluding hydrogens is 212 g/mol. The Morgan fingerprint density at radius 2 is 2.07 bits per heavy atom. The number of hydrogen-bond donors (Lipinski definition) is 2. The van der Waals surface area contributed by atoms with Crippen LogP contribution in [0, 0.1) is 6.92 Å². The molecule has 0 bridgehead atoms. The Balaban J connectivity index is 3.06. The third-order valence-corrected chi connectivity index (χ3v) is 3.01. The van der Waals surface area contributed by atoms with Gasteiger partial charge in [-0.3, -0.25) is 0 Å². The van der Waals surface area contributed by atoms with Crippen molar-refractivity contribution in [3.05, 3.63) is 23.8 Å². The standard InChI is InChI=1S/C10H16N2O2S/c1-3-6-12-10-7-9(15(11,13)14)5-4-8(10)2/h4-5,7,12H,3,6H2,1-2H3,(H2,11,13,14). The van der Waals surface area contributed by atoms with Gasteiger partial charge in [0.1, 0.15) is 0 Å². The number of sulfonamides is 1. The molecule has 84 valence electrons. The van der Waals surface area contributed by atoms with Crippen molar-refractivity contribution >= 4 is 15.7 Å². The fourth-order valence-corrected chi connectivity index (χ4v) is 1.77. The molecule has 0 spiro atoms. The summed E-state index contributed by atoms with van der Waals surface area (Å²) in [6.45, 7) is 4.78. The average molecular weight is 228 g/mol. The normalized spacial score (nSPS) is 11.4. The van der Waals surface area contributed by atoms with E-state index in [-0.39, 0.29) is 4.90 Å². The summed E-state index contributed by atoms with van der Waals surface area (Å²) in [5, 5.41) is 8.20. The molecule has 0 saturated carbocycles. The lowest BCUT2D eigenvalue weighted by molar-refractivity contribution is 0.598. The van der Waals surface area contributed by atoms with E-state index >= 15 is 0 Å². The number of rotatable bonds is 4. The molecule has 1 aromatic rings. The van der Waals surface area contributed by atoms with Crippen LogP contribution in [0.25, 0.3) is 0 Å². The predicted octanol–water partition coefficient (Wildman–Crippen LogP) is 1.46. The Bertz CT molecular complexity index is 441. The molecular formula is C10H16N2O2S. The van der Waals surface area contributed by atoms with E-state index in [0.29, 0.717) is 0 Å². The van der Waals surface area contributed by atoms with Crippen LogP contribution in [0.4, 0.5) is 5.69 Å². The maximum absolute atomic E-state index is 11.1. The smallest absolute Gasteiger partial charge is 0.238 e. The monoisotopic (exact) mass is 228 g/mol. The molecule has 15 heavy (non-hydrogen) atoms. The van der Waals surface area contributed by atoms with Gasteiger partial charge in [-0.05, 0) is 31.0 Å². The van der Waals surface area contributed by atoms with Gasteiger partial charge in [-0.25, -0.2) is 13.6 Å². The first-order chi connectivity index (χ1) is 6.95. The summed E-state index contributed by atoms with van der Waals surface area (Å²) in [4.78, 5) is 0.145. The zero-order valence-electron chi connectivity index (χ0n) is 8.95. The third kappa shape index (κ3) is 3.21. The first-order valence-electron chi connectivity index (χ1n) is 4.82. The van der Waals surface area contributed by atoms with Crippen LogP contribution < -0.4 is 10.5 Å². The molecule has 1 aromatic carbocycles. The second kappa shape index (κ2) is 4.63. The van der Waals surface area contributed by atoms with Crippen LogP contribution in [0.15, 0.2) is 23.1 Å². The van der Waals surface area contributed by atoms with E-state index in [0.717, 1.165) is 24.2 Å². The van der Waals surface area contributed by atoms with Crippen molar-refractivity contribution in [1.82, 2.24) is 0 Å². The minimum absolute atomic E-state index is 0.145. The maximum Gasteiger partial charge on any atom is 0.238 e. The summed E-state index contributed by atoms with van der Waals surface area (Å²) < 4.78 is 22.2. The highest BCUT2D eigenvalue weighted by atomic mass is 32.2. The molecule has 1 rings (SSSR count). The molecule has 0 unspecified atom stereocenters. The van der Waals surface area contributed by atoms with Gasteiger partial charge >= 0.3 is 0 Å². The number of nitrogens with two attached hydrogens (primary N) is 1. The molecule has 0 aliphatic heterocycles. The van der Waals surface area contributed by atoms with Crippen molar-refractivity contribution in [3.8, 4) is 0 Å². The lowest BCUT2D eigenvalue weighted by Crippen LogP contribution is -2.13. The lowest BCUT2D eigenvalue weighted by Gasteiger charge is -2.09. The van der Waals surface area contributed by atoms with Crippen LogP contribution in [0.3, 0.4) is 0 Å². The Hall–Kier alpha value is -1.07. The zero-order chi connectivity index (χ0) is 11.5. The Morgan fingerprint density at radius 3 is 2.60 bits per heavy atom. The second-order valence-corrected chi connectivity index (χ2v) is 5.01. The van der Waals surface area contributed by atoms with Gasteiger partial charge in [-0.15, -0.1) is 0 Å². The molecule has 0 aromatic heterocycles. The topological polar surface area (TPSA) is 72.2 Å². The second-order valence-electron chi connectivity index (χ2n) is 3.45. The van der Waals surface area contributed by atoms with Gasteiger partial charge in [0.2, 0.25) is 10.0 Å². The van der Waals surface area contributed by atoms with Crippen LogP contribution in [-0.4, -0.2) is 15.0 Å². The zero-order valence-corrected chi connectivity index (χ0v) is 9.76. The van der Waals surface area contributed by atoms with E-state index in [9.17, 15) is 8.42 Å². The molecule has 0 saturated heterocycles. The lowest BCUT2D eigenvalue weighted by atomic mass is 10.2. The van der Waals surface area contributed by atoms with Gasteiger partial charge in [-0.1, -0.05) is 13.0 Å². The minimum atomic E-state index is -3.61. The van der Waals surface area contributed by atoms with E-state index in [1.54, 1.807) is 12.1 Å². The number of anilines is 1. The van der Waals surface area contributed by atoms with Crippen molar-refractivity contribution in [3.63, 3.8) is 0 Å². The van der Waals surface area contributed by atoms with Crippen molar-refractivity contribution in [2.45, 2.75) is 25.2 Å². The summed E-state index contributed by atoms with van der Waals surface area (Å²) in [5.41, 5.74) is 1.83. The predicted molar refractivity (Wildman–Crippen MR) is 61.3 cm³/mol. The van der Waals surface area contributed by atoms with Gasteiger partial charge in [0.15, 0.2) is 0 Å². The molecule has 0 heterocycles. The van der Waals surface area contributed by atoms with Crippen molar-refractivity contribution in [1.29, 1.82) is 0 Å². The molecule has 0 aliphatic rings. The minimum Gasteiger partial charge on any atom is -0.385 e. The summed E-state index contributed by atoms with van der Waals surface area (Å²) in [7, 11) is -3.61. The van der Waals surface area contributed by atoms with Crippen molar-refractivity contribution in [2.24, 2.45) is 5.14 Å². The first-order valence-corrected chi connectivity index (χ1v) is 6.37. The fourth-order valence-electron chi connectivity index (χ4n) is 1.23. The van der Waals surface area contributed by atoms with E-state index in [1.165, 1.54) is 6.07 Å². The number of aryl methyl sites for hydroxylation is 1. The molecule has 0 fully saturated rings. The quantitative estimate of drug-likeness (QED) is 0.819. The molecule has 0 radical (unpaired) electrons. The maximum atomic E-state index is 11.1. The van der Waals surface area contributed by atoms with Crippen LogP contribution in [-0.2, 0) is 10.0 Å². The van der Waals surface area contributed by atoms with Crippen LogP contribution in [0.5, 0.6) is 0 Å². The fraction of sp³-hybridized carbons (Fsp3) is 0.400. The molecule has 0 atom stereocenters. The van der Waals surface area contributed by atoms with Crippen LogP contribution in [0.1, 0.15) is 18.9 Å². The Kier molecular flexibility index (Phi) is 3.71. The molecule has 3 N–H and O–H groups in total. The highest BCUT2D eigenvalue weighted by molar-refractivity contribution is 7.89. The van der Waals surface area contributed by atoms with E-state index in [2.05, 4.69) is 5.32 Å². The largest absolute Gasteiger partial charge is 0.385 e. The highest BCUT2D eigenvalue weighted by Gasteiger charge is 2.09. The molecule has 5 heteroatoms. The van der Waals surface area contributed by atoms with E-state index in [4.69, 9.17) is 5.14 Å². The van der Waals surface area contributed by atoms with Gasteiger partial charge in [0.25, 0.3) is 0 Å². The number of nitrogens with one attached hydrogen (secondary N) is 1. The first kappa shape index (κ1) is 12.0. The Morgan fingerprint density at radius 1 is 1.40 bits per heavy atom. The highest BCUT2D eigenvalue weighted by Crippen LogP contribution is 2.19. The molecule has 0 amide bonds. The molecule has 4 nitrogen and oxygen atoms in total. The van der Waals surface area contributed by atoms with Gasteiger partial charge in [0, 0.05) is 12.2 Å². The van der Waals surface area contributed by atoms with Crippen LogP contribution >= 0.6 is 0 Å².